The summed E-state index contributed by atoms with van der Waals surface area (Å²) in [5.74, 6) is 4.72. The van der Waals surface area contributed by atoms with Gasteiger partial charge in [-0.25, -0.2) is 4.79 Å². The molecule has 4 nitrogen and oxygen atoms in total. The fourth-order valence-electron chi connectivity index (χ4n) is 1.75. The number of benzene rings is 1. The Hall–Kier alpha value is -1.83. The molecule has 1 atom stereocenters. The van der Waals surface area contributed by atoms with Gasteiger partial charge in [-0.15, -0.1) is 0 Å². The summed E-state index contributed by atoms with van der Waals surface area (Å²) >= 11 is 0. The van der Waals surface area contributed by atoms with Crippen molar-refractivity contribution in [1.82, 2.24) is 5.06 Å². The highest BCUT2D eigenvalue weighted by Gasteiger charge is 2.18. The van der Waals surface area contributed by atoms with E-state index in [2.05, 4.69) is 11.8 Å². The summed E-state index contributed by atoms with van der Waals surface area (Å²) in [7, 11) is 0. The number of nitrogens with zero attached hydrogens (tertiary/aromatic N) is 1. The van der Waals surface area contributed by atoms with E-state index in [-0.39, 0.29) is 5.92 Å². The van der Waals surface area contributed by atoms with Crippen molar-refractivity contribution >= 4 is 5.97 Å². The van der Waals surface area contributed by atoms with Gasteiger partial charge in [-0.3, -0.25) is 0 Å². The van der Waals surface area contributed by atoms with Gasteiger partial charge < -0.3 is 9.94 Å². The number of esters is 1. The standard InChI is InChI=1S/C16H21NO3/c1-4-20-16(18)11-10-15(13(2)3)17(19)12-14-8-6-5-7-9-14/h5-9,13,15,19H,4,12H2,1-3H3. The lowest BCUT2D eigenvalue weighted by atomic mass is 10.0. The first-order valence-electron chi connectivity index (χ1n) is 6.72. The molecule has 20 heavy (non-hydrogen) atoms. The van der Waals surface area contributed by atoms with Crippen LogP contribution >= 0.6 is 0 Å². The van der Waals surface area contributed by atoms with Crippen LogP contribution < -0.4 is 0 Å². The van der Waals surface area contributed by atoms with Gasteiger partial charge in [0.05, 0.1) is 19.2 Å². The molecule has 0 bridgehead atoms. The van der Waals surface area contributed by atoms with Crippen LogP contribution in [0.1, 0.15) is 26.3 Å². The van der Waals surface area contributed by atoms with Gasteiger partial charge in [0.25, 0.3) is 0 Å². The maximum Gasteiger partial charge on any atom is 0.384 e. The molecule has 0 aliphatic rings. The van der Waals surface area contributed by atoms with Crippen LogP contribution in [0.2, 0.25) is 0 Å². The van der Waals surface area contributed by atoms with Crippen LogP contribution in [0.15, 0.2) is 30.3 Å². The predicted octanol–water partition coefficient (Wildman–Crippen LogP) is 2.47. The molecule has 0 saturated carbocycles. The average molecular weight is 275 g/mol. The van der Waals surface area contributed by atoms with E-state index in [1.165, 1.54) is 0 Å². The minimum Gasteiger partial charge on any atom is -0.456 e. The molecule has 0 fully saturated rings. The van der Waals surface area contributed by atoms with Gasteiger partial charge in [0, 0.05) is 5.92 Å². The van der Waals surface area contributed by atoms with Crippen molar-refractivity contribution in [2.24, 2.45) is 5.92 Å². The third-order valence-corrected chi connectivity index (χ3v) is 2.74. The molecule has 1 aromatic carbocycles. The summed E-state index contributed by atoms with van der Waals surface area (Å²) < 4.78 is 4.76. The zero-order chi connectivity index (χ0) is 15.0. The first kappa shape index (κ1) is 16.2. The topological polar surface area (TPSA) is 49.8 Å². The van der Waals surface area contributed by atoms with Gasteiger partial charge >= 0.3 is 5.97 Å². The van der Waals surface area contributed by atoms with Crippen molar-refractivity contribution in [2.75, 3.05) is 6.61 Å². The van der Waals surface area contributed by atoms with E-state index in [1.54, 1.807) is 6.92 Å². The molecular weight excluding hydrogens is 254 g/mol. The monoisotopic (exact) mass is 275 g/mol. The van der Waals surface area contributed by atoms with E-state index in [1.807, 2.05) is 44.2 Å². The van der Waals surface area contributed by atoms with Gasteiger partial charge in [-0.2, -0.15) is 5.06 Å². The number of carbonyl (C=O) groups is 1. The Morgan fingerprint density at radius 1 is 1.35 bits per heavy atom. The molecule has 0 heterocycles. The maximum atomic E-state index is 11.3. The first-order valence-corrected chi connectivity index (χ1v) is 6.72. The zero-order valence-corrected chi connectivity index (χ0v) is 12.2. The number of carbonyl (C=O) groups excluding carboxylic acids is 1. The van der Waals surface area contributed by atoms with E-state index in [0.717, 1.165) is 10.6 Å². The summed E-state index contributed by atoms with van der Waals surface area (Å²) in [5.41, 5.74) is 0.985. The average Bonchev–Trinajstić information content (AvgIpc) is 2.40. The van der Waals surface area contributed by atoms with Crippen LogP contribution in [0, 0.1) is 17.8 Å². The molecule has 1 aromatic rings. The van der Waals surface area contributed by atoms with Crippen molar-refractivity contribution < 1.29 is 14.7 Å². The quantitative estimate of drug-likeness (QED) is 0.388. The van der Waals surface area contributed by atoms with Crippen LogP contribution in [0.25, 0.3) is 0 Å². The highest BCUT2D eigenvalue weighted by atomic mass is 16.5. The SMILES string of the molecule is CCOC(=O)C#CC(C(C)C)N(O)Cc1ccccc1. The Kier molecular flexibility index (Phi) is 6.78. The lowest BCUT2D eigenvalue weighted by molar-refractivity contribution is -0.136. The second-order valence-electron chi connectivity index (χ2n) is 4.76. The molecule has 1 N–H and O–H groups in total. The summed E-state index contributed by atoms with van der Waals surface area (Å²) in [6.45, 7) is 6.28. The Morgan fingerprint density at radius 2 is 2.00 bits per heavy atom. The lowest BCUT2D eigenvalue weighted by Gasteiger charge is -2.24. The highest BCUT2D eigenvalue weighted by molar-refractivity contribution is 5.88. The van der Waals surface area contributed by atoms with Crippen LogP contribution in [-0.4, -0.2) is 28.9 Å². The van der Waals surface area contributed by atoms with Crippen LogP contribution in [0.5, 0.6) is 0 Å². The molecule has 108 valence electrons. The molecule has 0 saturated heterocycles. The second kappa shape index (κ2) is 8.36. The second-order valence-corrected chi connectivity index (χ2v) is 4.76. The molecule has 0 aliphatic heterocycles. The van der Waals surface area contributed by atoms with Crippen LogP contribution in [0.4, 0.5) is 0 Å². The molecular formula is C16H21NO3. The largest absolute Gasteiger partial charge is 0.456 e. The van der Waals surface area contributed by atoms with Gasteiger partial charge in [0.1, 0.15) is 0 Å². The van der Waals surface area contributed by atoms with Gasteiger partial charge in [0.2, 0.25) is 0 Å². The van der Waals surface area contributed by atoms with Crippen LogP contribution in [0.3, 0.4) is 0 Å². The maximum absolute atomic E-state index is 11.3. The van der Waals surface area contributed by atoms with E-state index in [4.69, 9.17) is 4.74 Å². The molecule has 1 unspecified atom stereocenters. The van der Waals surface area contributed by atoms with E-state index in [9.17, 15) is 10.0 Å². The van der Waals surface area contributed by atoms with E-state index >= 15 is 0 Å². The van der Waals surface area contributed by atoms with Gasteiger partial charge in [-0.1, -0.05) is 50.1 Å². The van der Waals surface area contributed by atoms with Crippen molar-refractivity contribution in [3.8, 4) is 11.8 Å². The number of hydroxylamine groups is 2. The third kappa shape index (κ3) is 5.43. The zero-order valence-electron chi connectivity index (χ0n) is 12.2. The molecule has 4 heteroatoms. The molecule has 0 aliphatic carbocycles. The van der Waals surface area contributed by atoms with Crippen molar-refractivity contribution in [3.63, 3.8) is 0 Å². The minimum atomic E-state index is -0.564. The Balaban J connectivity index is 2.73. The number of ether oxygens (including phenoxy) is 1. The summed E-state index contributed by atoms with van der Waals surface area (Å²) in [6.07, 6.45) is 0. The Labute approximate surface area is 120 Å². The molecule has 1 rings (SSSR count). The molecule has 0 amide bonds. The Bertz CT molecular complexity index is 473. The molecule has 0 radical (unpaired) electrons. The number of rotatable bonds is 5. The summed E-state index contributed by atoms with van der Waals surface area (Å²) in [6, 6.07) is 9.19. The van der Waals surface area contributed by atoms with Crippen LogP contribution in [-0.2, 0) is 16.1 Å². The van der Waals surface area contributed by atoms with E-state index < -0.39 is 12.0 Å². The fraction of sp³-hybridized carbons (Fsp3) is 0.438. The van der Waals surface area contributed by atoms with Crippen molar-refractivity contribution in [1.29, 1.82) is 0 Å². The number of hydrogen-bond acceptors (Lipinski definition) is 4. The van der Waals surface area contributed by atoms with Gasteiger partial charge in [0.15, 0.2) is 0 Å². The third-order valence-electron chi connectivity index (χ3n) is 2.74. The highest BCUT2D eigenvalue weighted by Crippen LogP contribution is 2.12. The molecule has 0 aromatic heterocycles. The summed E-state index contributed by atoms with van der Waals surface area (Å²) in [5, 5.41) is 11.3. The summed E-state index contributed by atoms with van der Waals surface area (Å²) in [4.78, 5) is 11.3. The van der Waals surface area contributed by atoms with Crippen molar-refractivity contribution in [3.05, 3.63) is 35.9 Å². The van der Waals surface area contributed by atoms with E-state index in [0.29, 0.717) is 13.2 Å². The smallest absolute Gasteiger partial charge is 0.384 e. The molecule has 0 spiro atoms. The Morgan fingerprint density at radius 3 is 2.55 bits per heavy atom. The predicted molar refractivity (Wildman–Crippen MR) is 76.8 cm³/mol. The first-order chi connectivity index (χ1) is 9.54. The van der Waals surface area contributed by atoms with Crippen molar-refractivity contribution in [2.45, 2.75) is 33.4 Å². The lowest BCUT2D eigenvalue weighted by Crippen LogP contribution is -2.35. The normalized spacial score (nSPS) is 11.9. The van der Waals surface area contributed by atoms with Gasteiger partial charge in [-0.05, 0) is 18.4 Å². The fourth-order valence-corrected chi connectivity index (χ4v) is 1.75. The minimum absolute atomic E-state index is 0.0886. The number of hydrogen-bond donors (Lipinski definition) is 1.